The third-order valence-corrected chi connectivity index (χ3v) is 3.48. The van der Waals surface area contributed by atoms with Crippen LogP contribution in [0.4, 0.5) is 13.2 Å². The normalized spacial score (nSPS) is 12.0. The molecule has 0 aromatic carbocycles. The average molecular weight is 358 g/mol. The van der Waals surface area contributed by atoms with Gasteiger partial charge in [0.2, 0.25) is 5.82 Å². The zero-order valence-corrected chi connectivity index (χ0v) is 12.1. The minimum atomic E-state index is -3.55. The molecule has 21 heavy (non-hydrogen) atoms. The molecule has 0 saturated heterocycles. The smallest absolute Gasteiger partial charge is 0.251 e. The van der Waals surface area contributed by atoms with Gasteiger partial charge in [-0.25, -0.2) is 14.4 Å². The first-order chi connectivity index (χ1) is 9.89. The molecule has 0 unspecified atom stereocenters. The van der Waals surface area contributed by atoms with Crippen molar-refractivity contribution in [1.82, 2.24) is 24.7 Å². The molecule has 0 spiro atoms. The van der Waals surface area contributed by atoms with Gasteiger partial charge in [0.1, 0.15) is 16.1 Å². The van der Waals surface area contributed by atoms with Crippen LogP contribution >= 0.6 is 15.9 Å². The molecule has 0 N–H and O–H groups in total. The first-order valence-corrected chi connectivity index (χ1v) is 6.54. The van der Waals surface area contributed by atoms with E-state index >= 15 is 0 Å². The van der Waals surface area contributed by atoms with Crippen molar-refractivity contribution in [2.45, 2.75) is 5.92 Å². The van der Waals surface area contributed by atoms with E-state index in [0.717, 1.165) is 18.3 Å². The number of rotatable bonds is 2. The first-order valence-electron chi connectivity index (χ1n) is 5.75. The van der Waals surface area contributed by atoms with E-state index in [4.69, 9.17) is 0 Å². The van der Waals surface area contributed by atoms with Gasteiger partial charge in [-0.1, -0.05) is 0 Å². The standard InChI is InChI=1S/C12H7BrF3N5/c1-21-10-7(5-18-21)9(13)19-11(20-10)12(15,16)8-3-2-6(14)4-17-8/h2-5H,1H3. The molecule has 0 atom stereocenters. The highest BCUT2D eigenvalue weighted by molar-refractivity contribution is 9.10. The summed E-state index contributed by atoms with van der Waals surface area (Å²) in [7, 11) is 1.58. The molecular formula is C12H7BrF3N5. The lowest BCUT2D eigenvalue weighted by Gasteiger charge is -2.14. The highest BCUT2D eigenvalue weighted by atomic mass is 79.9. The number of fused-ring (bicyclic) bond motifs is 1. The van der Waals surface area contributed by atoms with E-state index in [2.05, 4.69) is 36.0 Å². The van der Waals surface area contributed by atoms with Crippen molar-refractivity contribution >= 4 is 27.0 Å². The Bertz CT molecular complexity index is 816. The minimum Gasteiger partial charge on any atom is -0.251 e. The van der Waals surface area contributed by atoms with Crippen LogP contribution in [0, 0.1) is 5.82 Å². The number of aromatic nitrogens is 5. The Labute approximate surface area is 125 Å². The fourth-order valence-corrected chi connectivity index (χ4v) is 2.25. The predicted octanol–water partition coefficient (Wildman–Crippen LogP) is 2.80. The highest BCUT2D eigenvalue weighted by Crippen LogP contribution is 2.34. The van der Waals surface area contributed by atoms with E-state index in [1.165, 1.54) is 10.9 Å². The summed E-state index contributed by atoms with van der Waals surface area (Å²) in [6.45, 7) is 0. The lowest BCUT2D eigenvalue weighted by atomic mass is 10.2. The van der Waals surface area contributed by atoms with Crippen molar-refractivity contribution in [3.8, 4) is 0 Å². The summed E-state index contributed by atoms with van der Waals surface area (Å²) >= 11 is 3.12. The molecule has 0 aliphatic carbocycles. The molecule has 0 bridgehead atoms. The largest absolute Gasteiger partial charge is 0.348 e. The Morgan fingerprint density at radius 3 is 2.62 bits per heavy atom. The molecule has 0 radical (unpaired) electrons. The quantitative estimate of drug-likeness (QED) is 0.661. The van der Waals surface area contributed by atoms with Gasteiger partial charge in [-0.2, -0.15) is 13.9 Å². The van der Waals surface area contributed by atoms with Gasteiger partial charge < -0.3 is 0 Å². The van der Waals surface area contributed by atoms with Crippen LogP contribution in [0.15, 0.2) is 29.1 Å². The van der Waals surface area contributed by atoms with Gasteiger partial charge in [0.05, 0.1) is 17.8 Å². The molecule has 0 amide bonds. The summed E-state index contributed by atoms with van der Waals surface area (Å²) < 4.78 is 43.2. The maximum Gasteiger partial charge on any atom is 0.348 e. The Balaban J connectivity index is 2.18. The van der Waals surface area contributed by atoms with E-state index in [-0.39, 0.29) is 10.3 Å². The van der Waals surface area contributed by atoms with Gasteiger partial charge >= 0.3 is 5.92 Å². The molecule has 5 nitrogen and oxygen atoms in total. The minimum absolute atomic E-state index is 0.206. The SMILES string of the molecule is Cn1ncc2c(Br)nc(C(F)(F)c3ccc(F)cn3)nc21. The van der Waals surface area contributed by atoms with Crippen molar-refractivity contribution in [3.05, 3.63) is 46.5 Å². The van der Waals surface area contributed by atoms with Crippen LogP contribution in [0.1, 0.15) is 11.5 Å². The summed E-state index contributed by atoms with van der Waals surface area (Å²) in [5, 5.41) is 4.46. The fraction of sp³-hybridized carbons (Fsp3) is 0.167. The fourth-order valence-electron chi connectivity index (χ4n) is 1.80. The van der Waals surface area contributed by atoms with Crippen molar-refractivity contribution in [3.63, 3.8) is 0 Å². The van der Waals surface area contributed by atoms with Crippen molar-refractivity contribution < 1.29 is 13.2 Å². The van der Waals surface area contributed by atoms with Crippen molar-refractivity contribution in [1.29, 1.82) is 0 Å². The highest BCUT2D eigenvalue weighted by Gasteiger charge is 2.40. The Morgan fingerprint density at radius 2 is 1.95 bits per heavy atom. The second-order valence-corrected chi connectivity index (χ2v) is 5.03. The molecule has 0 fully saturated rings. The molecule has 0 saturated carbocycles. The molecule has 0 aliphatic heterocycles. The average Bonchev–Trinajstić information content (AvgIpc) is 2.82. The number of hydrogen-bond acceptors (Lipinski definition) is 4. The van der Waals surface area contributed by atoms with Gasteiger partial charge in [-0.15, -0.1) is 0 Å². The molecule has 3 aromatic heterocycles. The summed E-state index contributed by atoms with van der Waals surface area (Å²) in [5.41, 5.74) is -0.369. The predicted molar refractivity (Wildman–Crippen MR) is 71.2 cm³/mol. The first kappa shape index (κ1) is 13.9. The van der Waals surface area contributed by atoms with Gasteiger partial charge in [-0.3, -0.25) is 9.67 Å². The van der Waals surface area contributed by atoms with Gasteiger partial charge in [0.15, 0.2) is 5.65 Å². The molecule has 0 aliphatic rings. The number of alkyl halides is 2. The molecule has 9 heteroatoms. The van der Waals surface area contributed by atoms with Crippen LogP contribution in [0.2, 0.25) is 0 Å². The van der Waals surface area contributed by atoms with Crippen LogP contribution in [0.25, 0.3) is 11.0 Å². The third-order valence-electron chi connectivity index (χ3n) is 2.88. The third kappa shape index (κ3) is 2.27. The van der Waals surface area contributed by atoms with E-state index in [1.54, 1.807) is 7.05 Å². The Hall–Kier alpha value is -2.03. The number of nitrogens with zero attached hydrogens (tertiary/aromatic N) is 5. The van der Waals surface area contributed by atoms with E-state index in [9.17, 15) is 13.2 Å². The maximum atomic E-state index is 14.4. The number of pyridine rings is 1. The van der Waals surface area contributed by atoms with Crippen LogP contribution < -0.4 is 0 Å². The summed E-state index contributed by atoms with van der Waals surface area (Å²) in [5.74, 6) is -4.97. The lowest BCUT2D eigenvalue weighted by molar-refractivity contribution is 0.0281. The topological polar surface area (TPSA) is 56.5 Å². The van der Waals surface area contributed by atoms with Gasteiger partial charge in [-0.05, 0) is 28.1 Å². The van der Waals surface area contributed by atoms with E-state index in [1.807, 2.05) is 0 Å². The second-order valence-electron chi connectivity index (χ2n) is 4.28. The summed E-state index contributed by atoms with van der Waals surface area (Å²) in [4.78, 5) is 11.0. The van der Waals surface area contributed by atoms with E-state index in [0.29, 0.717) is 5.39 Å². The molecular weight excluding hydrogens is 351 g/mol. The number of aryl methyl sites for hydroxylation is 1. The molecule has 108 valence electrons. The molecule has 3 rings (SSSR count). The van der Waals surface area contributed by atoms with Crippen molar-refractivity contribution in [2.24, 2.45) is 7.05 Å². The molecule has 3 heterocycles. The van der Waals surface area contributed by atoms with Gasteiger partial charge in [0.25, 0.3) is 0 Å². The number of halogens is 4. The van der Waals surface area contributed by atoms with E-state index < -0.39 is 23.3 Å². The Morgan fingerprint density at radius 1 is 1.19 bits per heavy atom. The zero-order valence-electron chi connectivity index (χ0n) is 10.6. The lowest BCUT2D eigenvalue weighted by Crippen LogP contribution is -2.21. The van der Waals surface area contributed by atoms with Crippen LogP contribution in [0.3, 0.4) is 0 Å². The van der Waals surface area contributed by atoms with Crippen LogP contribution in [0.5, 0.6) is 0 Å². The number of hydrogen-bond donors (Lipinski definition) is 0. The van der Waals surface area contributed by atoms with Crippen LogP contribution in [-0.2, 0) is 13.0 Å². The van der Waals surface area contributed by atoms with Crippen LogP contribution in [-0.4, -0.2) is 24.7 Å². The monoisotopic (exact) mass is 357 g/mol. The second kappa shape index (κ2) is 4.76. The Kier molecular flexibility index (Phi) is 3.16. The zero-order chi connectivity index (χ0) is 15.2. The molecule has 3 aromatic rings. The van der Waals surface area contributed by atoms with Gasteiger partial charge in [0, 0.05) is 7.05 Å². The van der Waals surface area contributed by atoms with Crippen molar-refractivity contribution in [2.75, 3.05) is 0 Å². The summed E-state index contributed by atoms with van der Waals surface area (Å²) in [6.07, 6.45) is 2.19. The maximum absolute atomic E-state index is 14.4. The summed E-state index contributed by atoms with van der Waals surface area (Å²) in [6, 6.07) is 1.81.